The fourth-order valence-corrected chi connectivity index (χ4v) is 9.12. The molecule has 44 heavy (non-hydrogen) atoms. The van der Waals surface area contributed by atoms with Crippen molar-refractivity contribution in [2.24, 2.45) is 22.7 Å². The van der Waals surface area contributed by atoms with E-state index in [1.807, 2.05) is 0 Å². The first-order valence-electron chi connectivity index (χ1n) is 14.6. The predicted molar refractivity (Wildman–Crippen MR) is 161 cm³/mol. The number of ketones is 1. The molecule has 0 amide bonds. The number of benzene rings is 1. The van der Waals surface area contributed by atoms with E-state index in [1.54, 1.807) is 58.0 Å². The molecular weight excluding hydrogens is 610 g/mol. The van der Waals surface area contributed by atoms with Crippen LogP contribution >= 0.6 is 17.4 Å². The van der Waals surface area contributed by atoms with E-state index in [1.165, 1.54) is 13.8 Å². The van der Waals surface area contributed by atoms with Gasteiger partial charge in [-0.15, -0.1) is 0 Å². The second-order valence-electron chi connectivity index (χ2n) is 13.0. The molecule has 3 aliphatic carbocycles. The average Bonchev–Trinajstić information content (AvgIpc) is 2.94. The van der Waals surface area contributed by atoms with E-state index >= 15 is 4.79 Å². The van der Waals surface area contributed by atoms with E-state index in [-0.39, 0.29) is 44.8 Å². The number of allylic oxidation sites excluding steroid dienone is 1. The Kier molecular flexibility index (Phi) is 8.67. The molecule has 0 radical (unpaired) electrons. The Morgan fingerprint density at radius 1 is 1.09 bits per heavy atom. The third-order valence-electron chi connectivity index (χ3n) is 10.4. The number of hydrogen-bond acceptors (Lipinski definition) is 11. The second-order valence-corrected chi connectivity index (χ2v) is 14.2. The summed E-state index contributed by atoms with van der Waals surface area (Å²) in [4.78, 5) is 54.2. The molecule has 11 nitrogen and oxygen atoms in total. The zero-order chi connectivity index (χ0) is 32.4. The van der Waals surface area contributed by atoms with Crippen molar-refractivity contribution < 1.29 is 52.9 Å². The minimum absolute atomic E-state index is 0.134. The molecule has 4 aliphatic rings. The van der Waals surface area contributed by atoms with Crippen LogP contribution in [0, 0.1) is 22.7 Å². The van der Waals surface area contributed by atoms with Gasteiger partial charge < -0.3 is 33.7 Å². The molecule has 2 N–H and O–H groups in total. The number of aliphatic hydroxyl groups is 2. The summed E-state index contributed by atoms with van der Waals surface area (Å²) in [7, 11) is 2.32. The number of esters is 3. The van der Waals surface area contributed by atoms with Crippen LogP contribution in [0.5, 0.6) is 0 Å². The quantitative estimate of drug-likeness (QED) is 0.265. The Morgan fingerprint density at radius 2 is 1.75 bits per heavy atom. The number of ether oxygens (including phenoxy) is 4. The fraction of sp³-hybridized carbons (Fsp3) is 0.613. The lowest BCUT2D eigenvalue weighted by atomic mass is 9.45. The number of fused-ring (bicyclic) bond motifs is 5. The molecule has 1 aliphatic heterocycles. The molecule has 3 fully saturated rings. The standard InChI is InChI=1S/C31H40O11P2/c1-15-19(34)13-31(37)26(40-27(36)18-10-8-7-9-11-18)24-29(6,25(35)23(39-16(2)32)22(15)28(31,4)5)20(42-44-43)12-21-30(24,14-38-21)41-17(3)33/h7-11,15,19-21,24,26,34,37,44H,12-14,43H2,1-6H3/t15?,19?,20?,21?,24?,26?,29-,30+,31?/m1/s1. The van der Waals surface area contributed by atoms with Gasteiger partial charge in [0.15, 0.2) is 11.4 Å². The van der Waals surface area contributed by atoms with Crippen molar-refractivity contribution in [1.82, 2.24) is 0 Å². The largest absolute Gasteiger partial charge is 0.455 e. The van der Waals surface area contributed by atoms with E-state index in [2.05, 4.69) is 8.93 Å². The predicted octanol–water partition coefficient (Wildman–Crippen LogP) is 3.27. The van der Waals surface area contributed by atoms with Gasteiger partial charge in [0.1, 0.15) is 17.8 Å². The first-order valence-corrected chi connectivity index (χ1v) is 17.3. The van der Waals surface area contributed by atoms with Gasteiger partial charge in [0.05, 0.1) is 35.7 Å². The van der Waals surface area contributed by atoms with Gasteiger partial charge in [0.25, 0.3) is 0 Å². The summed E-state index contributed by atoms with van der Waals surface area (Å²) in [5, 5.41) is 24.4. The average molecular weight is 651 g/mol. The highest BCUT2D eigenvalue weighted by molar-refractivity contribution is 8.00. The van der Waals surface area contributed by atoms with Crippen LogP contribution in [0.25, 0.3) is 0 Å². The highest BCUT2D eigenvalue weighted by atomic mass is 32.0. The Bertz CT molecular complexity index is 1400. The lowest BCUT2D eigenvalue weighted by Crippen LogP contribution is -2.81. The number of carbonyl (C=O) groups excluding carboxylic acids is 4. The molecule has 1 aromatic carbocycles. The normalized spacial score (nSPS) is 39.3. The molecule has 13 heteroatoms. The van der Waals surface area contributed by atoms with E-state index in [0.29, 0.717) is 0 Å². The summed E-state index contributed by atoms with van der Waals surface area (Å²) in [6, 6.07) is 8.20. The maximum Gasteiger partial charge on any atom is 0.338 e. The summed E-state index contributed by atoms with van der Waals surface area (Å²) < 4.78 is 30.2. The van der Waals surface area contributed by atoms with Crippen LogP contribution in [-0.2, 0) is 37.9 Å². The third kappa shape index (κ3) is 4.78. The monoisotopic (exact) mass is 650 g/mol. The van der Waals surface area contributed by atoms with E-state index in [4.69, 9.17) is 23.5 Å². The highest BCUT2D eigenvalue weighted by Crippen LogP contribution is 2.65. The zero-order valence-corrected chi connectivity index (χ0v) is 27.8. The van der Waals surface area contributed by atoms with E-state index in [9.17, 15) is 24.6 Å². The Hall–Kier alpha value is -2.26. The molecule has 1 aromatic rings. The minimum Gasteiger partial charge on any atom is -0.455 e. The van der Waals surface area contributed by atoms with E-state index in [0.717, 1.165) is 0 Å². The van der Waals surface area contributed by atoms with Crippen molar-refractivity contribution in [3.63, 3.8) is 0 Å². The van der Waals surface area contributed by atoms with Crippen molar-refractivity contribution in [1.29, 1.82) is 0 Å². The molecule has 0 spiro atoms. The lowest BCUT2D eigenvalue weighted by molar-refractivity contribution is -0.343. The SMILES string of the molecule is CC(=O)OC1=C2C(C)C(O)CC(O)(C(OC(=O)c3ccccc3)C3[C@]4(OC(C)=O)COC4CC(OPP)[C@@]3(C)C1=O)C2(C)C. The number of hydrogen-bond donors (Lipinski definition) is 2. The maximum absolute atomic E-state index is 15.1. The summed E-state index contributed by atoms with van der Waals surface area (Å²) in [5.41, 5.74) is -6.25. The second kappa shape index (κ2) is 11.5. The summed E-state index contributed by atoms with van der Waals surface area (Å²) in [6.07, 6.45) is -4.52. The Labute approximate surface area is 260 Å². The van der Waals surface area contributed by atoms with Gasteiger partial charge in [0, 0.05) is 46.5 Å². The Balaban J connectivity index is 1.88. The van der Waals surface area contributed by atoms with Crippen molar-refractivity contribution in [2.45, 2.75) is 90.0 Å². The molecule has 1 saturated heterocycles. The molecule has 2 bridgehead atoms. The van der Waals surface area contributed by atoms with Crippen LogP contribution in [0.3, 0.4) is 0 Å². The van der Waals surface area contributed by atoms with Gasteiger partial charge in [-0.2, -0.15) is 0 Å². The van der Waals surface area contributed by atoms with Crippen LogP contribution in [0.15, 0.2) is 41.7 Å². The fourth-order valence-electron chi connectivity index (χ4n) is 8.13. The van der Waals surface area contributed by atoms with Crippen molar-refractivity contribution in [3.8, 4) is 0 Å². The van der Waals surface area contributed by atoms with Crippen LogP contribution < -0.4 is 0 Å². The molecular formula is C31H40O11P2. The third-order valence-corrected chi connectivity index (χ3v) is 11.2. The Morgan fingerprint density at radius 3 is 2.30 bits per heavy atom. The van der Waals surface area contributed by atoms with Gasteiger partial charge in [-0.3, -0.25) is 14.4 Å². The van der Waals surface area contributed by atoms with E-state index < -0.39 is 82.0 Å². The zero-order valence-electron chi connectivity index (χ0n) is 25.6. The van der Waals surface area contributed by atoms with Gasteiger partial charge in [-0.1, -0.05) is 47.9 Å². The minimum atomic E-state index is -2.06. The topological polar surface area (TPSA) is 155 Å². The summed E-state index contributed by atoms with van der Waals surface area (Å²) >= 11 is 0. The first-order chi connectivity index (χ1) is 20.6. The first kappa shape index (κ1) is 33.1. The maximum atomic E-state index is 15.1. The molecule has 1 heterocycles. The van der Waals surface area contributed by atoms with Crippen LogP contribution in [0.1, 0.15) is 64.7 Å². The summed E-state index contributed by atoms with van der Waals surface area (Å²) in [6.45, 7) is 8.90. The number of Topliss-reactive ketones (excluding diaryl/α,β-unsaturated/α-hetero) is 1. The molecule has 5 rings (SSSR count). The van der Waals surface area contributed by atoms with Crippen molar-refractivity contribution in [3.05, 3.63) is 47.2 Å². The smallest absolute Gasteiger partial charge is 0.338 e. The van der Waals surface area contributed by atoms with Crippen molar-refractivity contribution >= 4 is 41.1 Å². The number of aliphatic hydroxyl groups excluding tert-OH is 1. The van der Waals surface area contributed by atoms with Gasteiger partial charge in [-0.25, -0.2) is 4.79 Å². The number of rotatable bonds is 6. The van der Waals surface area contributed by atoms with Gasteiger partial charge >= 0.3 is 17.9 Å². The summed E-state index contributed by atoms with van der Waals surface area (Å²) in [5.74, 6) is -5.12. The molecule has 11 atom stereocenters. The highest BCUT2D eigenvalue weighted by Gasteiger charge is 2.78. The lowest BCUT2D eigenvalue weighted by Gasteiger charge is -2.67. The molecule has 9 unspecified atom stereocenters. The number of carbonyl (C=O) groups is 4. The van der Waals surface area contributed by atoms with Gasteiger partial charge in [-0.05, 0) is 24.6 Å². The van der Waals surface area contributed by atoms with Crippen molar-refractivity contribution in [2.75, 3.05) is 6.61 Å². The van der Waals surface area contributed by atoms with Crippen LogP contribution in [0.4, 0.5) is 0 Å². The molecule has 2 saturated carbocycles. The molecule has 0 aromatic heterocycles. The van der Waals surface area contributed by atoms with Gasteiger partial charge in [0.2, 0.25) is 5.78 Å². The van der Waals surface area contributed by atoms with Crippen LogP contribution in [0.2, 0.25) is 0 Å². The van der Waals surface area contributed by atoms with Crippen LogP contribution in [-0.4, -0.2) is 76.1 Å². The molecule has 240 valence electrons.